The molecule has 106 valence electrons. The van der Waals surface area contributed by atoms with E-state index in [9.17, 15) is 9.90 Å². The van der Waals surface area contributed by atoms with Crippen molar-refractivity contribution in [2.24, 2.45) is 0 Å². The molecule has 6 nitrogen and oxygen atoms in total. The van der Waals surface area contributed by atoms with Crippen LogP contribution in [-0.2, 0) is 17.8 Å². The highest BCUT2D eigenvalue weighted by Gasteiger charge is 2.30. The maximum Gasteiger partial charge on any atom is 0.312 e. The van der Waals surface area contributed by atoms with Crippen LogP contribution in [0.25, 0.3) is 0 Å². The first kappa shape index (κ1) is 13.1. The van der Waals surface area contributed by atoms with Crippen molar-refractivity contribution in [3.63, 3.8) is 0 Å². The molecule has 0 saturated carbocycles. The summed E-state index contributed by atoms with van der Waals surface area (Å²) in [5.41, 5.74) is 1.85. The zero-order valence-electron chi connectivity index (χ0n) is 11.2. The Morgan fingerprint density at radius 3 is 3.20 bits per heavy atom. The van der Waals surface area contributed by atoms with Gasteiger partial charge < -0.3 is 10.0 Å². The molecule has 20 heavy (non-hydrogen) atoms. The first-order chi connectivity index (χ1) is 9.65. The Morgan fingerprint density at radius 1 is 1.65 bits per heavy atom. The molecule has 0 bridgehead atoms. The molecule has 0 amide bonds. The van der Waals surface area contributed by atoms with Crippen LogP contribution in [0, 0.1) is 0 Å². The number of aromatic nitrogens is 3. The van der Waals surface area contributed by atoms with Crippen LogP contribution in [0.1, 0.15) is 34.9 Å². The zero-order chi connectivity index (χ0) is 14.1. The second-order valence-electron chi connectivity index (χ2n) is 5.05. The highest BCUT2D eigenvalue weighted by atomic mass is 32.1. The Bertz CT molecular complexity index is 608. The maximum atomic E-state index is 11.3. The summed E-state index contributed by atoms with van der Waals surface area (Å²) in [6.07, 6.45) is 6.19. The largest absolute Gasteiger partial charge is 0.481 e. The molecule has 0 aliphatic heterocycles. The molecule has 2 aromatic rings. The highest BCUT2D eigenvalue weighted by Crippen LogP contribution is 2.38. The lowest BCUT2D eigenvalue weighted by atomic mass is 9.91. The standard InChI is InChI=1S/C13H16N4O2S/c1-17(7-8-5-14-15-6-8)13-16-11-9(12(18)19)3-2-4-10(11)20-13/h5-6,9H,2-4,7H2,1H3,(H,14,15)(H,18,19). The van der Waals surface area contributed by atoms with Crippen LogP contribution in [-0.4, -0.2) is 33.3 Å². The van der Waals surface area contributed by atoms with Gasteiger partial charge in [0.2, 0.25) is 0 Å². The number of aromatic amines is 1. The Kier molecular flexibility index (Phi) is 3.43. The summed E-state index contributed by atoms with van der Waals surface area (Å²) in [4.78, 5) is 19.0. The van der Waals surface area contributed by atoms with E-state index in [4.69, 9.17) is 0 Å². The molecule has 0 saturated heterocycles. The van der Waals surface area contributed by atoms with Crippen molar-refractivity contribution in [2.45, 2.75) is 31.7 Å². The smallest absolute Gasteiger partial charge is 0.312 e. The monoisotopic (exact) mass is 292 g/mol. The minimum absolute atomic E-state index is 0.439. The van der Waals surface area contributed by atoms with Crippen molar-refractivity contribution in [3.05, 3.63) is 28.5 Å². The molecule has 1 atom stereocenters. The second-order valence-corrected chi connectivity index (χ2v) is 6.11. The third-order valence-electron chi connectivity index (χ3n) is 3.54. The average Bonchev–Trinajstić information content (AvgIpc) is 3.05. The van der Waals surface area contributed by atoms with Gasteiger partial charge in [0, 0.05) is 30.2 Å². The fourth-order valence-electron chi connectivity index (χ4n) is 2.51. The van der Waals surface area contributed by atoms with Gasteiger partial charge in [0.15, 0.2) is 5.13 Å². The van der Waals surface area contributed by atoms with E-state index in [0.717, 1.165) is 34.1 Å². The van der Waals surface area contributed by atoms with Gasteiger partial charge in [-0.25, -0.2) is 4.98 Å². The van der Waals surface area contributed by atoms with Gasteiger partial charge in [0.05, 0.1) is 11.9 Å². The minimum Gasteiger partial charge on any atom is -0.481 e. The predicted molar refractivity (Wildman–Crippen MR) is 76.1 cm³/mol. The number of aliphatic carboxylic acids is 1. The van der Waals surface area contributed by atoms with Crippen LogP contribution in [0.3, 0.4) is 0 Å². The minimum atomic E-state index is -0.764. The number of aryl methyl sites for hydroxylation is 1. The number of thiazole rings is 1. The van der Waals surface area contributed by atoms with Gasteiger partial charge in [-0.05, 0) is 19.3 Å². The first-order valence-corrected chi connectivity index (χ1v) is 7.38. The van der Waals surface area contributed by atoms with Gasteiger partial charge in [-0.3, -0.25) is 9.89 Å². The van der Waals surface area contributed by atoms with Gasteiger partial charge in [-0.15, -0.1) is 11.3 Å². The van der Waals surface area contributed by atoms with Crippen molar-refractivity contribution < 1.29 is 9.90 Å². The molecule has 2 aromatic heterocycles. The number of hydrogen-bond donors (Lipinski definition) is 2. The Hall–Kier alpha value is -1.89. The predicted octanol–water partition coefficient (Wildman–Crippen LogP) is 2.01. The van der Waals surface area contributed by atoms with E-state index in [1.165, 1.54) is 0 Å². The topological polar surface area (TPSA) is 82.1 Å². The summed E-state index contributed by atoms with van der Waals surface area (Å²) >= 11 is 1.61. The van der Waals surface area contributed by atoms with Gasteiger partial charge in [0.25, 0.3) is 0 Å². The van der Waals surface area contributed by atoms with Crippen molar-refractivity contribution in [2.75, 3.05) is 11.9 Å². The third-order valence-corrected chi connectivity index (χ3v) is 4.79. The van der Waals surface area contributed by atoms with E-state index in [2.05, 4.69) is 15.2 Å². The van der Waals surface area contributed by atoms with Gasteiger partial charge in [-0.2, -0.15) is 5.10 Å². The number of carboxylic acids is 1. The second kappa shape index (κ2) is 5.24. The molecule has 7 heteroatoms. The number of carbonyl (C=O) groups is 1. The van der Waals surface area contributed by atoms with Crippen molar-refractivity contribution >= 4 is 22.4 Å². The van der Waals surface area contributed by atoms with Gasteiger partial charge >= 0.3 is 5.97 Å². The number of nitrogens with one attached hydrogen (secondary N) is 1. The fourth-order valence-corrected chi connectivity index (χ4v) is 3.64. The van der Waals surface area contributed by atoms with Gasteiger partial charge in [-0.1, -0.05) is 0 Å². The Morgan fingerprint density at radius 2 is 2.50 bits per heavy atom. The van der Waals surface area contributed by atoms with E-state index >= 15 is 0 Å². The number of rotatable bonds is 4. The summed E-state index contributed by atoms with van der Waals surface area (Å²) in [5, 5.41) is 16.9. The van der Waals surface area contributed by atoms with Crippen LogP contribution in [0.4, 0.5) is 5.13 Å². The Labute approximate surface area is 120 Å². The molecule has 1 aliphatic rings. The van der Waals surface area contributed by atoms with Gasteiger partial charge in [0.1, 0.15) is 5.92 Å². The molecule has 0 fully saturated rings. The molecule has 0 aromatic carbocycles. The molecule has 2 N–H and O–H groups in total. The first-order valence-electron chi connectivity index (χ1n) is 6.56. The lowest BCUT2D eigenvalue weighted by molar-refractivity contribution is -0.139. The molecule has 0 radical (unpaired) electrons. The van der Waals surface area contributed by atoms with Crippen LogP contribution < -0.4 is 4.90 Å². The van der Waals surface area contributed by atoms with Crippen LogP contribution in [0.2, 0.25) is 0 Å². The molecule has 1 aliphatic carbocycles. The summed E-state index contributed by atoms with van der Waals surface area (Å²) in [6, 6.07) is 0. The summed E-state index contributed by atoms with van der Waals surface area (Å²) in [6.45, 7) is 0.709. The number of fused-ring (bicyclic) bond motifs is 1. The quantitative estimate of drug-likeness (QED) is 0.900. The van der Waals surface area contributed by atoms with Crippen LogP contribution in [0.5, 0.6) is 0 Å². The number of carboxylic acid groups (broad SMARTS) is 1. The molecule has 2 heterocycles. The van der Waals surface area contributed by atoms with Crippen LogP contribution >= 0.6 is 11.3 Å². The lowest BCUT2D eigenvalue weighted by Crippen LogP contribution is -2.18. The number of nitrogens with zero attached hydrogens (tertiary/aromatic N) is 3. The fraction of sp³-hybridized carbons (Fsp3) is 0.462. The Balaban J connectivity index is 1.83. The van der Waals surface area contributed by atoms with E-state index in [-0.39, 0.29) is 0 Å². The van der Waals surface area contributed by atoms with E-state index < -0.39 is 11.9 Å². The molecule has 1 unspecified atom stereocenters. The number of hydrogen-bond acceptors (Lipinski definition) is 5. The summed E-state index contributed by atoms with van der Waals surface area (Å²) in [7, 11) is 1.97. The molecule has 3 rings (SSSR count). The lowest BCUT2D eigenvalue weighted by Gasteiger charge is -2.16. The third kappa shape index (κ3) is 2.40. The summed E-state index contributed by atoms with van der Waals surface area (Å²) in [5.74, 6) is -1.20. The van der Waals surface area contributed by atoms with Crippen molar-refractivity contribution in [1.29, 1.82) is 0 Å². The molecular weight excluding hydrogens is 276 g/mol. The van der Waals surface area contributed by atoms with Crippen molar-refractivity contribution in [1.82, 2.24) is 15.2 Å². The normalized spacial score (nSPS) is 17.8. The number of anilines is 1. The van der Waals surface area contributed by atoms with E-state index in [1.54, 1.807) is 17.5 Å². The van der Waals surface area contributed by atoms with E-state index in [1.807, 2.05) is 18.1 Å². The maximum absolute atomic E-state index is 11.3. The zero-order valence-corrected chi connectivity index (χ0v) is 12.0. The molecule has 0 spiro atoms. The average molecular weight is 292 g/mol. The van der Waals surface area contributed by atoms with E-state index in [0.29, 0.717) is 13.0 Å². The van der Waals surface area contributed by atoms with Crippen molar-refractivity contribution in [3.8, 4) is 0 Å². The summed E-state index contributed by atoms with van der Waals surface area (Å²) < 4.78 is 0. The molecular formula is C13H16N4O2S. The van der Waals surface area contributed by atoms with Crippen LogP contribution in [0.15, 0.2) is 12.4 Å². The number of H-pyrrole nitrogens is 1. The SMILES string of the molecule is CN(Cc1cn[nH]c1)c1nc2c(s1)CCCC2C(=O)O. The highest BCUT2D eigenvalue weighted by molar-refractivity contribution is 7.15.